The Morgan fingerprint density at radius 3 is 2.00 bits per heavy atom. The SMILES string of the molecule is Br.CCC(N)Br. The maximum atomic E-state index is 5.21. The summed E-state index contributed by atoms with van der Waals surface area (Å²) >= 11 is 3.15. The highest BCUT2D eigenvalue weighted by Crippen LogP contribution is 1.91. The second kappa shape index (κ2) is 5.92. The lowest BCUT2D eigenvalue weighted by atomic mass is 10.5. The topological polar surface area (TPSA) is 26.0 Å². The molecule has 0 aromatic rings. The van der Waals surface area contributed by atoms with Gasteiger partial charge in [0.25, 0.3) is 0 Å². The third-order valence-electron chi connectivity index (χ3n) is 0.390. The monoisotopic (exact) mass is 217 g/mol. The van der Waals surface area contributed by atoms with Crippen LogP contribution in [0.5, 0.6) is 0 Å². The van der Waals surface area contributed by atoms with Crippen molar-refractivity contribution in [1.82, 2.24) is 0 Å². The molecule has 2 N–H and O–H groups in total. The summed E-state index contributed by atoms with van der Waals surface area (Å²) in [6.07, 6.45) is 1.00. The molecule has 6 heavy (non-hydrogen) atoms. The second-order valence-electron chi connectivity index (χ2n) is 0.924. The van der Waals surface area contributed by atoms with Crippen molar-refractivity contribution in [3.05, 3.63) is 0 Å². The first-order valence-electron chi connectivity index (χ1n) is 1.67. The van der Waals surface area contributed by atoms with Gasteiger partial charge < -0.3 is 5.73 Å². The fraction of sp³-hybridized carbons (Fsp3) is 1.00. The Labute approximate surface area is 57.2 Å². The highest BCUT2D eigenvalue weighted by Gasteiger charge is 1.82. The van der Waals surface area contributed by atoms with Crippen LogP contribution in [0.4, 0.5) is 0 Å². The molecule has 0 fully saturated rings. The molecule has 0 aliphatic carbocycles. The average molecular weight is 219 g/mol. The minimum atomic E-state index is 0. The van der Waals surface area contributed by atoms with E-state index in [0.29, 0.717) is 0 Å². The van der Waals surface area contributed by atoms with Crippen LogP contribution in [0, 0.1) is 0 Å². The van der Waals surface area contributed by atoms with E-state index in [1.54, 1.807) is 0 Å². The Bertz CT molecular complexity index is 22.8. The summed E-state index contributed by atoms with van der Waals surface area (Å²) in [5, 5.41) is 0. The predicted molar refractivity (Wildman–Crippen MR) is 37.5 cm³/mol. The number of halogens is 2. The largest absolute Gasteiger partial charge is 0.319 e. The van der Waals surface area contributed by atoms with Crippen LogP contribution in [-0.2, 0) is 0 Å². The van der Waals surface area contributed by atoms with E-state index in [0.717, 1.165) is 6.42 Å². The van der Waals surface area contributed by atoms with Crippen molar-refractivity contribution in [2.75, 3.05) is 0 Å². The van der Waals surface area contributed by atoms with Crippen LogP contribution < -0.4 is 5.73 Å². The molecule has 1 unspecified atom stereocenters. The van der Waals surface area contributed by atoms with Gasteiger partial charge in [-0.2, -0.15) is 0 Å². The minimum Gasteiger partial charge on any atom is -0.319 e. The van der Waals surface area contributed by atoms with E-state index in [-0.39, 0.29) is 21.9 Å². The number of hydrogen-bond acceptors (Lipinski definition) is 1. The number of rotatable bonds is 1. The maximum absolute atomic E-state index is 5.21. The number of alkyl halides is 1. The summed E-state index contributed by atoms with van der Waals surface area (Å²) in [5.41, 5.74) is 5.21. The summed E-state index contributed by atoms with van der Waals surface area (Å²) in [6, 6.07) is 0. The van der Waals surface area contributed by atoms with E-state index in [1.165, 1.54) is 0 Å². The van der Waals surface area contributed by atoms with Crippen LogP contribution >= 0.6 is 32.9 Å². The van der Waals surface area contributed by atoms with Crippen molar-refractivity contribution in [2.24, 2.45) is 5.73 Å². The molecule has 1 nitrogen and oxygen atoms in total. The molecule has 0 heterocycles. The van der Waals surface area contributed by atoms with Crippen molar-refractivity contribution in [3.63, 3.8) is 0 Å². The minimum absolute atomic E-state index is 0. The quantitative estimate of drug-likeness (QED) is 0.526. The Morgan fingerprint density at radius 1 is 1.83 bits per heavy atom. The lowest BCUT2D eigenvalue weighted by molar-refractivity contribution is 0.884. The molecular weight excluding hydrogens is 210 g/mol. The van der Waals surface area contributed by atoms with Crippen LogP contribution in [0.2, 0.25) is 0 Å². The molecule has 0 aliphatic rings. The second-order valence-corrected chi connectivity index (χ2v) is 2.10. The van der Waals surface area contributed by atoms with Gasteiger partial charge in [-0.05, 0) is 6.42 Å². The molecule has 3 heteroatoms. The molecule has 0 saturated heterocycles. The Morgan fingerprint density at radius 2 is 2.00 bits per heavy atom. The van der Waals surface area contributed by atoms with Crippen LogP contribution in [-0.4, -0.2) is 4.95 Å². The lowest BCUT2D eigenvalue weighted by Crippen LogP contribution is -2.07. The van der Waals surface area contributed by atoms with Gasteiger partial charge in [0.1, 0.15) is 0 Å². The molecule has 0 spiro atoms. The van der Waals surface area contributed by atoms with Crippen LogP contribution in [0.3, 0.4) is 0 Å². The molecule has 0 saturated carbocycles. The summed E-state index contributed by atoms with van der Waals surface area (Å²) < 4.78 is 0. The molecule has 0 aliphatic heterocycles. The predicted octanol–water partition coefficient (Wildman–Crippen LogP) is 1.65. The summed E-state index contributed by atoms with van der Waals surface area (Å²) in [6.45, 7) is 2.03. The van der Waals surface area contributed by atoms with Crippen molar-refractivity contribution in [2.45, 2.75) is 18.3 Å². The van der Waals surface area contributed by atoms with Gasteiger partial charge in [-0.3, -0.25) is 0 Å². The highest BCUT2D eigenvalue weighted by molar-refractivity contribution is 9.09. The molecule has 0 bridgehead atoms. The molecule has 0 aromatic heterocycles. The highest BCUT2D eigenvalue weighted by atomic mass is 79.9. The molecule has 0 radical (unpaired) electrons. The Balaban J connectivity index is 0. The number of nitrogens with two attached hydrogens (primary N) is 1. The van der Waals surface area contributed by atoms with Gasteiger partial charge in [-0.1, -0.05) is 22.9 Å². The standard InChI is InChI=1S/C3H8BrN.BrH/c1-2-3(4)5;/h3H,2,5H2,1H3;1H. The first kappa shape index (κ1) is 10.0. The van der Waals surface area contributed by atoms with E-state index >= 15 is 0 Å². The maximum Gasteiger partial charge on any atom is 0.0603 e. The van der Waals surface area contributed by atoms with Gasteiger partial charge in [0, 0.05) is 0 Å². The molecule has 40 valence electrons. The van der Waals surface area contributed by atoms with E-state index < -0.39 is 0 Å². The van der Waals surface area contributed by atoms with Gasteiger partial charge in [0.2, 0.25) is 0 Å². The molecule has 0 aromatic carbocycles. The summed E-state index contributed by atoms with van der Waals surface area (Å²) in [7, 11) is 0. The molecular formula is C3H9Br2N. The fourth-order valence-electron chi connectivity index (χ4n) is 0. The van der Waals surface area contributed by atoms with E-state index in [1.807, 2.05) is 6.92 Å². The van der Waals surface area contributed by atoms with Gasteiger partial charge >= 0.3 is 0 Å². The molecule has 1 atom stereocenters. The fourth-order valence-corrected chi connectivity index (χ4v) is 0. The van der Waals surface area contributed by atoms with Crippen molar-refractivity contribution in [3.8, 4) is 0 Å². The third kappa shape index (κ3) is 8.87. The summed E-state index contributed by atoms with van der Waals surface area (Å²) in [5.74, 6) is 0. The number of hydrogen-bond donors (Lipinski definition) is 1. The molecule has 0 amide bonds. The van der Waals surface area contributed by atoms with Crippen molar-refractivity contribution < 1.29 is 0 Å². The Kier molecular flexibility index (Phi) is 9.89. The zero-order chi connectivity index (χ0) is 4.28. The first-order valence-corrected chi connectivity index (χ1v) is 2.58. The van der Waals surface area contributed by atoms with Gasteiger partial charge in [-0.15, -0.1) is 17.0 Å². The lowest BCUT2D eigenvalue weighted by Gasteiger charge is -1.89. The third-order valence-corrected chi connectivity index (χ3v) is 1.04. The van der Waals surface area contributed by atoms with Crippen LogP contribution in [0.1, 0.15) is 13.3 Å². The first-order chi connectivity index (χ1) is 2.27. The van der Waals surface area contributed by atoms with Crippen LogP contribution in [0.25, 0.3) is 0 Å². The van der Waals surface area contributed by atoms with E-state index in [4.69, 9.17) is 5.73 Å². The zero-order valence-electron chi connectivity index (χ0n) is 3.65. The molecule has 0 rings (SSSR count). The van der Waals surface area contributed by atoms with Gasteiger partial charge in [0.15, 0.2) is 0 Å². The van der Waals surface area contributed by atoms with Gasteiger partial charge in [-0.25, -0.2) is 0 Å². The van der Waals surface area contributed by atoms with E-state index in [9.17, 15) is 0 Å². The van der Waals surface area contributed by atoms with E-state index in [2.05, 4.69) is 15.9 Å². The Hall–Kier alpha value is 0.920. The van der Waals surface area contributed by atoms with Crippen molar-refractivity contribution >= 4 is 32.9 Å². The average Bonchev–Trinajstić information content (AvgIpc) is 1.38. The van der Waals surface area contributed by atoms with Crippen LogP contribution in [0.15, 0.2) is 0 Å². The summed E-state index contributed by atoms with van der Waals surface area (Å²) in [4.78, 5) is 0.197. The smallest absolute Gasteiger partial charge is 0.0603 e. The normalized spacial score (nSPS) is 12.5. The zero-order valence-corrected chi connectivity index (χ0v) is 6.95. The van der Waals surface area contributed by atoms with Gasteiger partial charge in [0.05, 0.1) is 4.95 Å². The van der Waals surface area contributed by atoms with Crippen molar-refractivity contribution in [1.29, 1.82) is 0 Å².